The van der Waals surface area contributed by atoms with Crippen LogP contribution in [0.4, 0.5) is 0 Å². The van der Waals surface area contributed by atoms with Crippen LogP contribution in [-0.4, -0.2) is 25.6 Å². The van der Waals surface area contributed by atoms with Gasteiger partial charge in [0.05, 0.1) is 0 Å². The molecule has 4 aromatic rings. The number of aromatic nitrogens is 3. The van der Waals surface area contributed by atoms with Crippen LogP contribution in [0.25, 0.3) is 22.3 Å². The number of pyridine rings is 1. The molecule has 27 heavy (non-hydrogen) atoms. The molecule has 2 aromatic heterocycles. The summed E-state index contributed by atoms with van der Waals surface area (Å²) in [6.07, 6.45) is 4.19. The summed E-state index contributed by atoms with van der Waals surface area (Å²) in [5.41, 5.74) is 2.65. The van der Waals surface area contributed by atoms with Crippen molar-refractivity contribution in [3.05, 3.63) is 94.5 Å². The molecule has 0 aliphatic heterocycles. The molecule has 6 heteroatoms. The van der Waals surface area contributed by atoms with Gasteiger partial charge in [-0.15, -0.1) is 0 Å². The number of nitrogens with zero attached hydrogens (tertiary/aromatic N) is 3. The van der Waals surface area contributed by atoms with Gasteiger partial charge in [-0.25, -0.2) is 14.8 Å². The largest absolute Gasteiger partial charge is 0.477 e. The topological polar surface area (TPSA) is 85.1 Å². The zero-order chi connectivity index (χ0) is 18.8. The van der Waals surface area contributed by atoms with Crippen molar-refractivity contribution >= 4 is 17.1 Å². The number of carboxylic acids is 1. The van der Waals surface area contributed by atoms with Crippen molar-refractivity contribution in [2.24, 2.45) is 0 Å². The van der Waals surface area contributed by atoms with Crippen molar-refractivity contribution in [1.29, 1.82) is 0 Å². The summed E-state index contributed by atoms with van der Waals surface area (Å²) in [5.74, 6) is -1.28. The highest BCUT2D eigenvalue weighted by Crippen LogP contribution is 2.20. The van der Waals surface area contributed by atoms with E-state index in [1.54, 1.807) is 4.57 Å². The molecule has 0 aliphatic rings. The van der Waals surface area contributed by atoms with Crippen molar-refractivity contribution in [2.75, 3.05) is 0 Å². The van der Waals surface area contributed by atoms with Crippen LogP contribution in [0, 0.1) is 0 Å². The predicted octanol–water partition coefficient (Wildman–Crippen LogP) is 3.21. The number of hydrogen-bond donors (Lipinski definition) is 1. The molecule has 2 aromatic carbocycles. The van der Waals surface area contributed by atoms with Crippen LogP contribution >= 0.6 is 0 Å². The molecule has 132 valence electrons. The van der Waals surface area contributed by atoms with Gasteiger partial charge in [-0.2, -0.15) is 0 Å². The number of aromatic carboxylic acids is 1. The first-order valence-corrected chi connectivity index (χ1v) is 8.35. The van der Waals surface area contributed by atoms with Gasteiger partial charge in [0.25, 0.3) is 0 Å². The lowest BCUT2D eigenvalue weighted by Crippen LogP contribution is -2.20. The fourth-order valence-electron chi connectivity index (χ4n) is 3.01. The summed E-state index contributed by atoms with van der Waals surface area (Å²) in [5, 5.41) is 9.32. The molecule has 0 amide bonds. The van der Waals surface area contributed by atoms with Crippen LogP contribution < -0.4 is 5.43 Å². The van der Waals surface area contributed by atoms with E-state index < -0.39 is 11.4 Å². The Hall–Kier alpha value is -3.80. The number of rotatable bonds is 4. The molecule has 0 radical (unpaired) electrons. The first kappa shape index (κ1) is 16.7. The summed E-state index contributed by atoms with van der Waals surface area (Å²) in [6, 6.07) is 18.0. The smallest absolute Gasteiger partial charge is 0.341 e. The summed E-state index contributed by atoms with van der Waals surface area (Å²) in [4.78, 5) is 31.9. The highest BCUT2D eigenvalue weighted by molar-refractivity contribution is 5.90. The highest BCUT2D eigenvalue weighted by Gasteiger charge is 2.16. The average molecular weight is 357 g/mol. The molecule has 0 unspecified atom stereocenters. The molecule has 1 N–H and O–H groups in total. The molecular formula is C21H15N3O3. The van der Waals surface area contributed by atoms with E-state index in [-0.39, 0.29) is 11.1 Å². The Morgan fingerprint density at radius 1 is 0.926 bits per heavy atom. The molecule has 2 heterocycles. The molecule has 0 saturated carbocycles. The van der Waals surface area contributed by atoms with Gasteiger partial charge >= 0.3 is 5.97 Å². The van der Waals surface area contributed by atoms with E-state index >= 15 is 0 Å². The third kappa shape index (κ3) is 3.20. The van der Waals surface area contributed by atoms with Crippen molar-refractivity contribution in [3.8, 4) is 11.1 Å². The van der Waals surface area contributed by atoms with Gasteiger partial charge in [-0.3, -0.25) is 4.79 Å². The molecule has 4 rings (SSSR count). The van der Waals surface area contributed by atoms with Crippen molar-refractivity contribution in [1.82, 2.24) is 14.5 Å². The van der Waals surface area contributed by atoms with E-state index in [9.17, 15) is 14.7 Å². The van der Waals surface area contributed by atoms with Crippen LogP contribution in [0.1, 0.15) is 15.9 Å². The SMILES string of the molecule is O=C(O)c1cn(Cc2ccc(-c3ccccc3)cc2)c2nccnc2c1=O. The van der Waals surface area contributed by atoms with Crippen LogP contribution in [-0.2, 0) is 6.54 Å². The van der Waals surface area contributed by atoms with E-state index in [0.717, 1.165) is 16.7 Å². The molecule has 0 bridgehead atoms. The van der Waals surface area contributed by atoms with E-state index in [4.69, 9.17) is 0 Å². The number of carboxylic acid groups (broad SMARTS) is 1. The Labute approximate surface area is 154 Å². The zero-order valence-corrected chi connectivity index (χ0v) is 14.2. The Kier molecular flexibility index (Phi) is 4.22. The maximum absolute atomic E-state index is 12.3. The molecule has 0 atom stereocenters. The molecule has 6 nitrogen and oxygen atoms in total. The highest BCUT2D eigenvalue weighted by atomic mass is 16.4. The second-order valence-corrected chi connectivity index (χ2v) is 6.10. The van der Waals surface area contributed by atoms with E-state index in [1.807, 2.05) is 54.6 Å². The quantitative estimate of drug-likeness (QED) is 0.606. The minimum absolute atomic E-state index is 0.0540. The lowest BCUT2D eigenvalue weighted by atomic mass is 10.0. The van der Waals surface area contributed by atoms with E-state index in [0.29, 0.717) is 12.2 Å². The lowest BCUT2D eigenvalue weighted by Gasteiger charge is -2.11. The number of carbonyl (C=O) groups is 1. The predicted molar refractivity (Wildman–Crippen MR) is 102 cm³/mol. The Morgan fingerprint density at radius 2 is 1.59 bits per heavy atom. The van der Waals surface area contributed by atoms with Gasteiger partial charge in [0.1, 0.15) is 5.56 Å². The molecular weight excluding hydrogens is 342 g/mol. The second kappa shape index (κ2) is 6.84. The summed E-state index contributed by atoms with van der Waals surface area (Å²) < 4.78 is 1.64. The van der Waals surface area contributed by atoms with Crippen molar-refractivity contribution in [3.63, 3.8) is 0 Å². The second-order valence-electron chi connectivity index (χ2n) is 6.10. The first-order valence-electron chi connectivity index (χ1n) is 8.35. The number of fused-ring (bicyclic) bond motifs is 1. The van der Waals surface area contributed by atoms with Crippen LogP contribution in [0.5, 0.6) is 0 Å². The van der Waals surface area contributed by atoms with E-state index in [2.05, 4.69) is 9.97 Å². The fourth-order valence-corrected chi connectivity index (χ4v) is 3.01. The lowest BCUT2D eigenvalue weighted by molar-refractivity contribution is 0.0695. The molecule has 0 aliphatic carbocycles. The molecule has 0 spiro atoms. The van der Waals surface area contributed by atoms with Crippen molar-refractivity contribution < 1.29 is 9.90 Å². The molecule has 0 fully saturated rings. The van der Waals surface area contributed by atoms with Crippen LogP contribution in [0.2, 0.25) is 0 Å². The first-order chi connectivity index (χ1) is 13.1. The minimum Gasteiger partial charge on any atom is -0.477 e. The number of hydrogen-bond acceptors (Lipinski definition) is 4. The summed E-state index contributed by atoms with van der Waals surface area (Å²) >= 11 is 0. The third-order valence-corrected chi connectivity index (χ3v) is 4.34. The number of benzene rings is 2. The van der Waals surface area contributed by atoms with Crippen LogP contribution in [0.3, 0.4) is 0 Å². The Bertz CT molecular complexity index is 1180. The monoisotopic (exact) mass is 357 g/mol. The van der Waals surface area contributed by atoms with E-state index in [1.165, 1.54) is 18.6 Å². The maximum atomic E-state index is 12.3. The zero-order valence-electron chi connectivity index (χ0n) is 14.2. The van der Waals surface area contributed by atoms with Crippen LogP contribution in [0.15, 0.2) is 78.0 Å². The normalized spacial score (nSPS) is 10.8. The summed E-state index contributed by atoms with van der Waals surface area (Å²) in [6.45, 7) is 0.380. The van der Waals surface area contributed by atoms with Gasteiger partial charge in [-0.1, -0.05) is 54.6 Å². The van der Waals surface area contributed by atoms with Gasteiger partial charge in [0, 0.05) is 25.1 Å². The third-order valence-electron chi connectivity index (χ3n) is 4.34. The van der Waals surface area contributed by atoms with Gasteiger partial charge in [-0.05, 0) is 16.7 Å². The van der Waals surface area contributed by atoms with Gasteiger partial charge in [0.2, 0.25) is 5.43 Å². The average Bonchev–Trinajstić information content (AvgIpc) is 2.71. The standard InChI is InChI=1S/C21H15N3O3/c25-19-17(21(26)27)13-24(20-18(19)22-10-11-23-20)12-14-6-8-16(9-7-14)15-4-2-1-3-5-15/h1-11,13H,12H2,(H,26,27). The molecule has 0 saturated heterocycles. The van der Waals surface area contributed by atoms with Gasteiger partial charge < -0.3 is 9.67 Å². The maximum Gasteiger partial charge on any atom is 0.341 e. The fraction of sp³-hybridized carbons (Fsp3) is 0.0476. The Balaban J connectivity index is 1.74. The summed E-state index contributed by atoms with van der Waals surface area (Å²) in [7, 11) is 0. The van der Waals surface area contributed by atoms with Gasteiger partial charge in [0.15, 0.2) is 11.2 Å². The van der Waals surface area contributed by atoms with Crippen molar-refractivity contribution in [2.45, 2.75) is 6.54 Å². The Morgan fingerprint density at radius 3 is 2.30 bits per heavy atom. The minimum atomic E-state index is -1.28.